The Kier molecular flexibility index (Phi) is 4.36. The number of rotatable bonds is 5. The summed E-state index contributed by atoms with van der Waals surface area (Å²) in [7, 11) is 0. The first-order valence-electron chi connectivity index (χ1n) is 6.02. The van der Waals surface area contributed by atoms with E-state index in [1.54, 1.807) is 30.3 Å². The van der Waals surface area contributed by atoms with Crippen LogP contribution in [0.2, 0.25) is 0 Å². The zero-order valence-corrected chi connectivity index (χ0v) is 10.6. The molecule has 0 saturated carbocycles. The van der Waals surface area contributed by atoms with E-state index in [2.05, 4.69) is 0 Å². The molecule has 0 amide bonds. The van der Waals surface area contributed by atoms with Gasteiger partial charge >= 0.3 is 0 Å². The van der Waals surface area contributed by atoms with E-state index in [1.807, 2.05) is 6.92 Å². The zero-order valence-electron chi connectivity index (χ0n) is 10.6. The van der Waals surface area contributed by atoms with Crippen LogP contribution in [0.5, 0.6) is 17.2 Å². The summed E-state index contributed by atoms with van der Waals surface area (Å²) in [5.41, 5.74) is 0.473. The molecule has 2 aromatic rings. The topological polar surface area (TPSA) is 38.7 Å². The van der Waals surface area contributed by atoms with Gasteiger partial charge in [-0.25, -0.2) is 4.39 Å². The Balaban J connectivity index is 2.14. The maximum absolute atomic E-state index is 13.3. The molecule has 0 bridgehead atoms. The van der Waals surface area contributed by atoms with Crippen LogP contribution in [0.25, 0.3) is 0 Å². The second-order valence-electron chi connectivity index (χ2n) is 3.96. The van der Waals surface area contributed by atoms with Gasteiger partial charge in [0.15, 0.2) is 0 Å². The van der Waals surface area contributed by atoms with Gasteiger partial charge < -0.3 is 14.6 Å². The van der Waals surface area contributed by atoms with Gasteiger partial charge in [-0.15, -0.1) is 0 Å². The quantitative estimate of drug-likeness (QED) is 0.896. The number of hydrogen-bond acceptors (Lipinski definition) is 3. The molecule has 2 aromatic carbocycles. The van der Waals surface area contributed by atoms with Crippen molar-refractivity contribution in [1.82, 2.24) is 0 Å². The third kappa shape index (κ3) is 3.69. The summed E-state index contributed by atoms with van der Waals surface area (Å²) in [6.45, 7) is 2.29. The maximum Gasteiger partial charge on any atom is 0.130 e. The molecule has 0 radical (unpaired) electrons. The van der Waals surface area contributed by atoms with Crippen LogP contribution in [0, 0.1) is 5.82 Å². The van der Waals surface area contributed by atoms with Gasteiger partial charge in [0.05, 0.1) is 13.2 Å². The summed E-state index contributed by atoms with van der Waals surface area (Å²) in [6, 6.07) is 11.2. The van der Waals surface area contributed by atoms with E-state index in [9.17, 15) is 4.39 Å². The molecule has 0 heterocycles. The Morgan fingerprint density at radius 1 is 1.00 bits per heavy atom. The average Bonchev–Trinajstić information content (AvgIpc) is 2.40. The number of aliphatic hydroxyl groups is 1. The predicted octanol–water partition coefficient (Wildman–Crippen LogP) is 3.51. The van der Waals surface area contributed by atoms with Gasteiger partial charge in [-0.05, 0) is 48.9 Å². The first-order chi connectivity index (χ1) is 9.21. The SMILES string of the molecule is CCOc1ccc(Oc2cc(F)cc(CO)c2)cc1. The van der Waals surface area contributed by atoms with E-state index in [1.165, 1.54) is 12.1 Å². The van der Waals surface area contributed by atoms with Crippen LogP contribution in [0.15, 0.2) is 42.5 Å². The molecular weight excluding hydrogens is 247 g/mol. The number of benzene rings is 2. The summed E-state index contributed by atoms with van der Waals surface area (Å²) < 4.78 is 24.1. The number of hydrogen-bond donors (Lipinski definition) is 1. The van der Waals surface area contributed by atoms with Gasteiger partial charge in [-0.3, -0.25) is 0 Å². The molecule has 0 fully saturated rings. The van der Waals surface area contributed by atoms with Gasteiger partial charge in [0.25, 0.3) is 0 Å². The Morgan fingerprint density at radius 2 is 1.68 bits per heavy atom. The lowest BCUT2D eigenvalue weighted by Gasteiger charge is -2.08. The minimum absolute atomic E-state index is 0.225. The van der Waals surface area contributed by atoms with Crippen molar-refractivity contribution < 1.29 is 19.0 Å². The van der Waals surface area contributed by atoms with Crippen LogP contribution in [0.4, 0.5) is 4.39 Å². The van der Waals surface area contributed by atoms with Crippen molar-refractivity contribution in [2.24, 2.45) is 0 Å². The summed E-state index contributed by atoms with van der Waals surface area (Å²) in [6.07, 6.45) is 0. The highest BCUT2D eigenvalue weighted by molar-refractivity contribution is 5.37. The molecule has 0 saturated heterocycles. The second-order valence-corrected chi connectivity index (χ2v) is 3.96. The highest BCUT2D eigenvalue weighted by Gasteiger charge is 2.03. The third-order valence-corrected chi connectivity index (χ3v) is 2.48. The lowest BCUT2D eigenvalue weighted by atomic mass is 10.2. The van der Waals surface area contributed by atoms with Gasteiger partial charge in [0, 0.05) is 6.07 Å². The Morgan fingerprint density at radius 3 is 2.32 bits per heavy atom. The fraction of sp³-hybridized carbons (Fsp3) is 0.200. The molecule has 3 nitrogen and oxygen atoms in total. The molecule has 19 heavy (non-hydrogen) atoms. The highest BCUT2D eigenvalue weighted by atomic mass is 19.1. The summed E-state index contributed by atoms with van der Waals surface area (Å²) in [4.78, 5) is 0. The predicted molar refractivity (Wildman–Crippen MR) is 70.0 cm³/mol. The standard InChI is InChI=1S/C15H15FO3/c1-2-18-13-3-5-14(6-4-13)19-15-8-11(10-17)7-12(16)9-15/h3-9,17H,2,10H2,1H3. The Bertz CT molecular complexity index is 538. The molecule has 0 unspecified atom stereocenters. The molecule has 100 valence electrons. The molecular formula is C15H15FO3. The third-order valence-electron chi connectivity index (χ3n) is 2.48. The fourth-order valence-corrected chi connectivity index (χ4v) is 1.68. The van der Waals surface area contributed by atoms with Gasteiger partial charge in [-0.1, -0.05) is 0 Å². The van der Waals surface area contributed by atoms with Gasteiger partial charge in [-0.2, -0.15) is 0 Å². The van der Waals surface area contributed by atoms with E-state index in [4.69, 9.17) is 14.6 Å². The van der Waals surface area contributed by atoms with Crippen molar-refractivity contribution in [2.45, 2.75) is 13.5 Å². The number of halogens is 1. The van der Waals surface area contributed by atoms with Crippen molar-refractivity contribution in [1.29, 1.82) is 0 Å². The van der Waals surface area contributed by atoms with Crippen molar-refractivity contribution >= 4 is 0 Å². The minimum Gasteiger partial charge on any atom is -0.494 e. The van der Waals surface area contributed by atoms with Crippen LogP contribution in [0.1, 0.15) is 12.5 Å². The second kappa shape index (κ2) is 6.20. The van der Waals surface area contributed by atoms with Crippen molar-refractivity contribution in [3.63, 3.8) is 0 Å². The van der Waals surface area contributed by atoms with Crippen molar-refractivity contribution in [2.75, 3.05) is 6.61 Å². The van der Waals surface area contributed by atoms with E-state index in [0.717, 1.165) is 5.75 Å². The van der Waals surface area contributed by atoms with Crippen LogP contribution in [-0.2, 0) is 6.61 Å². The molecule has 0 atom stereocenters. The lowest BCUT2D eigenvalue weighted by molar-refractivity contribution is 0.280. The largest absolute Gasteiger partial charge is 0.494 e. The van der Waals surface area contributed by atoms with E-state index < -0.39 is 5.82 Å². The Hall–Kier alpha value is -2.07. The van der Waals surface area contributed by atoms with E-state index in [0.29, 0.717) is 23.7 Å². The van der Waals surface area contributed by atoms with Crippen LogP contribution in [-0.4, -0.2) is 11.7 Å². The van der Waals surface area contributed by atoms with Gasteiger partial charge in [0.2, 0.25) is 0 Å². The molecule has 0 aromatic heterocycles. The monoisotopic (exact) mass is 262 g/mol. The van der Waals surface area contributed by atoms with E-state index >= 15 is 0 Å². The average molecular weight is 262 g/mol. The number of ether oxygens (including phenoxy) is 2. The molecule has 2 rings (SSSR count). The first-order valence-corrected chi connectivity index (χ1v) is 6.02. The molecule has 1 N–H and O–H groups in total. The number of aliphatic hydroxyl groups excluding tert-OH is 1. The molecule has 0 aliphatic carbocycles. The van der Waals surface area contributed by atoms with E-state index in [-0.39, 0.29) is 6.61 Å². The fourth-order valence-electron chi connectivity index (χ4n) is 1.68. The smallest absolute Gasteiger partial charge is 0.130 e. The maximum atomic E-state index is 13.3. The molecule has 4 heteroatoms. The zero-order chi connectivity index (χ0) is 13.7. The minimum atomic E-state index is -0.438. The lowest BCUT2D eigenvalue weighted by Crippen LogP contribution is -1.92. The van der Waals surface area contributed by atoms with Crippen LogP contribution in [0.3, 0.4) is 0 Å². The molecule has 0 aliphatic heterocycles. The molecule has 0 spiro atoms. The normalized spacial score (nSPS) is 10.3. The van der Waals surface area contributed by atoms with Crippen LogP contribution >= 0.6 is 0 Å². The summed E-state index contributed by atoms with van der Waals surface area (Å²) >= 11 is 0. The first kappa shape index (κ1) is 13.4. The summed E-state index contributed by atoms with van der Waals surface area (Å²) in [5.74, 6) is 1.25. The van der Waals surface area contributed by atoms with Crippen molar-refractivity contribution in [3.05, 3.63) is 53.8 Å². The van der Waals surface area contributed by atoms with Crippen molar-refractivity contribution in [3.8, 4) is 17.2 Å². The van der Waals surface area contributed by atoms with Gasteiger partial charge in [0.1, 0.15) is 23.1 Å². The Labute approximate surface area is 111 Å². The highest BCUT2D eigenvalue weighted by Crippen LogP contribution is 2.25. The van der Waals surface area contributed by atoms with Crippen LogP contribution < -0.4 is 9.47 Å². The summed E-state index contributed by atoms with van der Waals surface area (Å²) in [5, 5.41) is 9.01. The molecule has 0 aliphatic rings.